The first kappa shape index (κ1) is 13.9. The van der Waals surface area contributed by atoms with Crippen LogP contribution in [0.3, 0.4) is 0 Å². The van der Waals surface area contributed by atoms with E-state index in [9.17, 15) is 0 Å². The molecule has 0 spiro atoms. The van der Waals surface area contributed by atoms with E-state index in [-0.39, 0.29) is 0 Å². The zero-order valence-electron chi connectivity index (χ0n) is 11.2. The molecule has 2 unspecified atom stereocenters. The van der Waals surface area contributed by atoms with Crippen molar-refractivity contribution in [2.45, 2.75) is 38.6 Å². The van der Waals surface area contributed by atoms with Crippen molar-refractivity contribution in [3.63, 3.8) is 0 Å². The molecule has 1 saturated heterocycles. The third-order valence-corrected chi connectivity index (χ3v) is 3.78. The Morgan fingerprint density at radius 2 is 2.25 bits per heavy atom. The summed E-state index contributed by atoms with van der Waals surface area (Å²) in [5, 5.41) is 3.38. The lowest BCUT2D eigenvalue weighted by molar-refractivity contribution is 0.142. The van der Waals surface area contributed by atoms with Crippen LogP contribution in [-0.4, -0.2) is 51.3 Å². The van der Waals surface area contributed by atoms with Crippen molar-refractivity contribution in [3.05, 3.63) is 0 Å². The molecule has 0 aliphatic carbocycles. The monoisotopic (exact) mass is 228 g/mol. The molecule has 1 aliphatic rings. The van der Waals surface area contributed by atoms with Crippen LogP contribution in [0.1, 0.15) is 32.6 Å². The van der Waals surface area contributed by atoms with Gasteiger partial charge in [0.15, 0.2) is 0 Å². The first-order chi connectivity index (χ1) is 7.77. The van der Waals surface area contributed by atoms with Crippen LogP contribution in [0.25, 0.3) is 0 Å². The van der Waals surface area contributed by atoms with E-state index in [0.717, 1.165) is 12.5 Å². The van der Waals surface area contributed by atoms with Gasteiger partial charge in [0.2, 0.25) is 0 Å². The smallest absolute Gasteiger partial charge is 0.0462 e. The van der Waals surface area contributed by atoms with Crippen LogP contribution in [0.5, 0.6) is 0 Å². The maximum atomic E-state index is 5.08. The van der Waals surface area contributed by atoms with Gasteiger partial charge in [-0.05, 0) is 58.7 Å². The average Bonchev–Trinajstić information content (AvgIpc) is 2.34. The summed E-state index contributed by atoms with van der Waals surface area (Å²) in [5.74, 6) is 0.834. The minimum Gasteiger partial charge on any atom is -0.385 e. The van der Waals surface area contributed by atoms with Gasteiger partial charge < -0.3 is 15.0 Å². The second-order valence-electron chi connectivity index (χ2n) is 4.98. The first-order valence-corrected chi connectivity index (χ1v) is 6.66. The predicted molar refractivity (Wildman–Crippen MR) is 68.8 cm³/mol. The maximum absolute atomic E-state index is 5.08. The first-order valence-electron chi connectivity index (χ1n) is 6.66. The molecule has 1 rings (SSSR count). The topological polar surface area (TPSA) is 24.5 Å². The molecule has 0 aromatic rings. The average molecular weight is 228 g/mol. The van der Waals surface area contributed by atoms with Crippen molar-refractivity contribution in [1.29, 1.82) is 0 Å². The summed E-state index contributed by atoms with van der Waals surface area (Å²) in [6, 6.07) is 0.654. The van der Waals surface area contributed by atoms with Crippen LogP contribution in [0.2, 0.25) is 0 Å². The molecule has 1 aliphatic heterocycles. The van der Waals surface area contributed by atoms with Crippen LogP contribution >= 0.6 is 0 Å². The summed E-state index contributed by atoms with van der Waals surface area (Å²) in [5.41, 5.74) is 0. The quantitative estimate of drug-likeness (QED) is 0.672. The van der Waals surface area contributed by atoms with Crippen LogP contribution in [0.4, 0.5) is 0 Å². The van der Waals surface area contributed by atoms with E-state index in [2.05, 4.69) is 24.2 Å². The number of likely N-dealkylation sites (tertiary alicyclic amines) is 1. The van der Waals surface area contributed by atoms with E-state index < -0.39 is 0 Å². The number of unbranched alkanes of at least 4 members (excludes halogenated alkanes) is 1. The van der Waals surface area contributed by atoms with Crippen molar-refractivity contribution in [3.8, 4) is 0 Å². The van der Waals surface area contributed by atoms with E-state index in [1.165, 1.54) is 45.3 Å². The van der Waals surface area contributed by atoms with Gasteiger partial charge in [-0.3, -0.25) is 0 Å². The van der Waals surface area contributed by atoms with Crippen molar-refractivity contribution >= 4 is 0 Å². The Labute approximate surface area is 101 Å². The molecule has 1 N–H and O–H groups in total. The molecule has 1 fully saturated rings. The minimum absolute atomic E-state index is 0.654. The molecule has 96 valence electrons. The molecule has 3 nitrogen and oxygen atoms in total. The SMILES string of the molecule is CNC(C)C1CCCN(CCCCOC)C1. The van der Waals surface area contributed by atoms with Gasteiger partial charge in [-0.25, -0.2) is 0 Å². The largest absolute Gasteiger partial charge is 0.385 e. The van der Waals surface area contributed by atoms with Crippen LogP contribution in [-0.2, 0) is 4.74 Å². The molecule has 0 aromatic heterocycles. The molecule has 1 heterocycles. The summed E-state index contributed by atoms with van der Waals surface area (Å²) in [6.45, 7) is 7.02. The number of rotatable bonds is 7. The lowest BCUT2D eigenvalue weighted by Gasteiger charge is -2.35. The van der Waals surface area contributed by atoms with Crippen LogP contribution in [0.15, 0.2) is 0 Å². The maximum Gasteiger partial charge on any atom is 0.0462 e. The fourth-order valence-electron chi connectivity index (χ4n) is 2.52. The Hall–Kier alpha value is -0.120. The highest BCUT2D eigenvalue weighted by molar-refractivity contribution is 4.79. The lowest BCUT2D eigenvalue weighted by Crippen LogP contribution is -2.43. The van der Waals surface area contributed by atoms with Gasteiger partial charge in [0.1, 0.15) is 0 Å². The fourth-order valence-corrected chi connectivity index (χ4v) is 2.52. The number of methoxy groups -OCH3 is 1. The molecular formula is C13H28N2O. The third kappa shape index (κ3) is 4.81. The normalized spacial score (nSPS) is 24.6. The van der Waals surface area contributed by atoms with Gasteiger partial charge in [-0.1, -0.05) is 0 Å². The van der Waals surface area contributed by atoms with Crippen molar-refractivity contribution in [1.82, 2.24) is 10.2 Å². The van der Waals surface area contributed by atoms with Crippen molar-refractivity contribution in [2.24, 2.45) is 5.92 Å². The molecule has 0 radical (unpaired) electrons. The number of hydrogen-bond acceptors (Lipinski definition) is 3. The predicted octanol–water partition coefficient (Wildman–Crippen LogP) is 1.73. The van der Waals surface area contributed by atoms with Gasteiger partial charge in [-0.15, -0.1) is 0 Å². The third-order valence-electron chi connectivity index (χ3n) is 3.78. The lowest BCUT2D eigenvalue weighted by atomic mass is 9.91. The molecule has 2 atom stereocenters. The van der Waals surface area contributed by atoms with Crippen LogP contribution < -0.4 is 5.32 Å². The van der Waals surface area contributed by atoms with Gasteiger partial charge in [-0.2, -0.15) is 0 Å². The van der Waals surface area contributed by atoms with Gasteiger partial charge in [0.25, 0.3) is 0 Å². The van der Waals surface area contributed by atoms with Crippen molar-refractivity contribution in [2.75, 3.05) is 40.4 Å². The van der Waals surface area contributed by atoms with Crippen LogP contribution in [0, 0.1) is 5.92 Å². The summed E-state index contributed by atoms with van der Waals surface area (Å²) in [6.07, 6.45) is 5.21. The Morgan fingerprint density at radius 3 is 2.94 bits per heavy atom. The summed E-state index contributed by atoms with van der Waals surface area (Å²) in [7, 11) is 3.85. The number of piperidine rings is 1. The zero-order chi connectivity index (χ0) is 11.8. The molecule has 0 saturated carbocycles. The van der Waals surface area contributed by atoms with E-state index in [1.54, 1.807) is 7.11 Å². The molecule has 0 amide bonds. The summed E-state index contributed by atoms with van der Waals surface area (Å²) in [4.78, 5) is 2.62. The molecular weight excluding hydrogens is 200 g/mol. The number of hydrogen-bond donors (Lipinski definition) is 1. The van der Waals surface area contributed by atoms with E-state index in [0.29, 0.717) is 6.04 Å². The highest BCUT2D eigenvalue weighted by atomic mass is 16.5. The van der Waals surface area contributed by atoms with E-state index in [1.807, 2.05) is 0 Å². The number of ether oxygens (including phenoxy) is 1. The number of nitrogens with zero attached hydrogens (tertiary/aromatic N) is 1. The molecule has 3 heteroatoms. The second kappa shape index (κ2) is 8.04. The fraction of sp³-hybridized carbons (Fsp3) is 1.00. The van der Waals surface area contributed by atoms with Gasteiger partial charge in [0.05, 0.1) is 0 Å². The molecule has 0 bridgehead atoms. The van der Waals surface area contributed by atoms with Gasteiger partial charge in [0, 0.05) is 26.3 Å². The zero-order valence-corrected chi connectivity index (χ0v) is 11.2. The standard InChI is InChI=1S/C13H28N2O/c1-12(14-2)13-7-6-9-15(11-13)8-4-5-10-16-3/h12-14H,4-11H2,1-3H3. The second-order valence-corrected chi connectivity index (χ2v) is 4.98. The Kier molecular flexibility index (Phi) is 7.01. The summed E-state index contributed by atoms with van der Waals surface area (Å²) >= 11 is 0. The Bertz CT molecular complexity index is 175. The van der Waals surface area contributed by atoms with Crippen molar-refractivity contribution < 1.29 is 4.74 Å². The van der Waals surface area contributed by atoms with E-state index >= 15 is 0 Å². The highest BCUT2D eigenvalue weighted by Gasteiger charge is 2.23. The van der Waals surface area contributed by atoms with E-state index in [4.69, 9.17) is 4.74 Å². The number of nitrogens with one attached hydrogen (secondary N) is 1. The molecule has 16 heavy (non-hydrogen) atoms. The highest BCUT2D eigenvalue weighted by Crippen LogP contribution is 2.19. The Balaban J connectivity index is 2.17. The Morgan fingerprint density at radius 1 is 1.44 bits per heavy atom. The minimum atomic E-state index is 0.654. The molecule has 0 aromatic carbocycles. The summed E-state index contributed by atoms with van der Waals surface area (Å²) < 4.78 is 5.08. The van der Waals surface area contributed by atoms with Gasteiger partial charge >= 0.3 is 0 Å².